The van der Waals surface area contributed by atoms with E-state index in [1.165, 1.54) is 32.0 Å². The van der Waals surface area contributed by atoms with Crippen molar-refractivity contribution in [3.05, 3.63) is 80.3 Å². The van der Waals surface area contributed by atoms with Crippen LogP contribution < -0.4 is 14.2 Å². The van der Waals surface area contributed by atoms with Crippen molar-refractivity contribution in [1.29, 1.82) is 0 Å². The summed E-state index contributed by atoms with van der Waals surface area (Å²) in [7, 11) is 0. The van der Waals surface area contributed by atoms with E-state index in [9.17, 15) is 19.5 Å². The maximum absolute atomic E-state index is 12.1. The molecule has 0 unspecified atom stereocenters. The third kappa shape index (κ3) is 4.93. The van der Waals surface area contributed by atoms with Gasteiger partial charge in [-0.3, -0.25) is 9.59 Å². The van der Waals surface area contributed by atoms with Crippen molar-refractivity contribution in [2.45, 2.75) is 25.6 Å². The summed E-state index contributed by atoms with van der Waals surface area (Å²) in [6.07, 6.45) is 0. The number of carbonyl (C=O) groups excluding carboxylic acids is 2. The first-order valence-electron chi connectivity index (χ1n) is 10.2. The topological polar surface area (TPSA) is 99.1 Å². The predicted molar refractivity (Wildman–Crippen MR) is 129 cm³/mol. The smallest absolute Gasteiger partial charge is 0.335 e. The van der Waals surface area contributed by atoms with Crippen molar-refractivity contribution in [1.82, 2.24) is 0 Å². The highest BCUT2D eigenvalue weighted by Crippen LogP contribution is 2.52. The highest BCUT2D eigenvalue weighted by Gasteiger charge is 2.34. The Balaban J connectivity index is 2.02. The van der Waals surface area contributed by atoms with E-state index in [0.29, 0.717) is 22.3 Å². The molecule has 1 aliphatic rings. The minimum absolute atomic E-state index is 0.0445. The average molecular weight is 536 g/mol. The Morgan fingerprint density at radius 2 is 1.37 bits per heavy atom. The van der Waals surface area contributed by atoms with E-state index in [-0.39, 0.29) is 44.5 Å². The van der Waals surface area contributed by atoms with Gasteiger partial charge in [0.25, 0.3) is 0 Å². The van der Waals surface area contributed by atoms with Crippen LogP contribution in [0, 0.1) is 0 Å². The molecule has 3 aromatic rings. The molecular weight excluding hydrogens is 519 g/mol. The largest absolute Gasteiger partial charge is 0.478 e. The number of halogens is 3. The van der Waals surface area contributed by atoms with Crippen molar-refractivity contribution in [3.8, 4) is 23.0 Å². The second-order valence-corrected chi connectivity index (χ2v) is 8.81. The summed E-state index contributed by atoms with van der Waals surface area (Å²) >= 11 is 18.9. The standard InChI is InChI=1S/C25H17Cl3O7/c1-11(29)33-22-8-20-16(6-18(22)27)24(15-5-13(10-26)3-4-14(15)25(31)32)17-7-19(28)23(34-12(2)30)9-21(17)35-20/h3-9,24H,10H2,1-2H3,(H,31,32). The van der Waals surface area contributed by atoms with Crippen LogP contribution in [-0.2, 0) is 15.5 Å². The van der Waals surface area contributed by atoms with Gasteiger partial charge in [0.1, 0.15) is 11.5 Å². The van der Waals surface area contributed by atoms with Gasteiger partial charge in [-0.25, -0.2) is 4.79 Å². The third-order valence-corrected chi connectivity index (χ3v) is 6.19. The van der Waals surface area contributed by atoms with Crippen LogP contribution in [0.15, 0.2) is 42.5 Å². The monoisotopic (exact) mass is 534 g/mol. The molecule has 0 aliphatic carbocycles. The van der Waals surface area contributed by atoms with Gasteiger partial charge >= 0.3 is 17.9 Å². The van der Waals surface area contributed by atoms with Gasteiger partial charge in [0.2, 0.25) is 0 Å². The van der Waals surface area contributed by atoms with E-state index < -0.39 is 23.8 Å². The van der Waals surface area contributed by atoms with Gasteiger partial charge in [-0.1, -0.05) is 35.3 Å². The number of hydrogen-bond acceptors (Lipinski definition) is 6. The first-order valence-corrected chi connectivity index (χ1v) is 11.5. The van der Waals surface area contributed by atoms with Gasteiger partial charge < -0.3 is 19.3 Å². The molecule has 35 heavy (non-hydrogen) atoms. The van der Waals surface area contributed by atoms with E-state index in [1.54, 1.807) is 24.3 Å². The fraction of sp³-hybridized carbons (Fsp3) is 0.160. The highest BCUT2D eigenvalue weighted by molar-refractivity contribution is 6.32. The van der Waals surface area contributed by atoms with Crippen molar-refractivity contribution in [2.75, 3.05) is 0 Å². The van der Waals surface area contributed by atoms with Crippen LogP contribution in [0.4, 0.5) is 0 Å². The summed E-state index contributed by atoms with van der Waals surface area (Å²) in [6, 6.07) is 10.8. The summed E-state index contributed by atoms with van der Waals surface area (Å²) in [5.41, 5.74) is 2.21. The molecule has 0 radical (unpaired) electrons. The summed E-state index contributed by atoms with van der Waals surface area (Å²) < 4.78 is 16.4. The van der Waals surface area contributed by atoms with E-state index in [4.69, 9.17) is 49.0 Å². The zero-order valence-corrected chi connectivity index (χ0v) is 20.6. The first kappa shape index (κ1) is 24.9. The Kier molecular flexibility index (Phi) is 6.94. The molecular formula is C25H17Cl3O7. The zero-order valence-electron chi connectivity index (χ0n) is 18.4. The predicted octanol–water partition coefficient (Wildman–Crippen LogP) is 6.57. The molecule has 10 heteroatoms. The van der Waals surface area contributed by atoms with Crippen LogP contribution in [0.2, 0.25) is 10.0 Å². The molecule has 3 aromatic carbocycles. The van der Waals surface area contributed by atoms with E-state index in [0.717, 1.165) is 0 Å². The Labute approximate surface area is 215 Å². The fourth-order valence-corrected chi connectivity index (χ4v) is 4.53. The molecule has 0 saturated carbocycles. The zero-order chi connectivity index (χ0) is 25.4. The summed E-state index contributed by atoms with van der Waals surface area (Å²) in [5.74, 6) is -2.15. The van der Waals surface area contributed by atoms with E-state index in [2.05, 4.69) is 0 Å². The maximum atomic E-state index is 12.1. The van der Waals surface area contributed by atoms with Crippen molar-refractivity contribution in [3.63, 3.8) is 0 Å². The summed E-state index contributed by atoms with van der Waals surface area (Å²) in [5, 5.41) is 10.2. The van der Waals surface area contributed by atoms with Crippen LogP contribution >= 0.6 is 34.8 Å². The number of esters is 2. The van der Waals surface area contributed by atoms with Gasteiger partial charge in [0, 0.05) is 48.9 Å². The fourth-order valence-electron chi connectivity index (χ4n) is 3.94. The minimum atomic E-state index is -1.14. The van der Waals surface area contributed by atoms with Crippen LogP contribution in [0.5, 0.6) is 23.0 Å². The second-order valence-electron chi connectivity index (χ2n) is 7.72. The van der Waals surface area contributed by atoms with Gasteiger partial charge in [-0.05, 0) is 29.3 Å². The Morgan fingerprint density at radius 1 is 0.857 bits per heavy atom. The van der Waals surface area contributed by atoms with Crippen molar-refractivity contribution >= 4 is 52.7 Å². The quantitative estimate of drug-likeness (QED) is 0.175. The number of aromatic carboxylic acids is 1. The molecule has 0 saturated heterocycles. The minimum Gasteiger partial charge on any atom is -0.478 e. The Bertz CT molecular complexity index is 1310. The number of alkyl halides is 1. The van der Waals surface area contributed by atoms with Gasteiger partial charge in [-0.2, -0.15) is 0 Å². The van der Waals surface area contributed by atoms with Crippen LogP contribution in [-0.4, -0.2) is 23.0 Å². The van der Waals surface area contributed by atoms with Crippen molar-refractivity contribution in [2.24, 2.45) is 0 Å². The molecule has 7 nitrogen and oxygen atoms in total. The summed E-state index contributed by atoms with van der Waals surface area (Å²) in [4.78, 5) is 35.2. The number of ether oxygens (including phenoxy) is 3. The van der Waals surface area contributed by atoms with Crippen LogP contribution in [0.3, 0.4) is 0 Å². The molecule has 0 fully saturated rings. The average Bonchev–Trinajstić information content (AvgIpc) is 2.78. The van der Waals surface area contributed by atoms with Crippen LogP contribution in [0.1, 0.15) is 52.4 Å². The number of carboxylic acid groups (broad SMARTS) is 1. The SMILES string of the molecule is CC(=O)Oc1cc2c(cc1Cl)C(c1cc(CCl)ccc1C(=O)O)c1cc(Cl)c(OC(C)=O)cc1O2. The molecule has 1 aliphatic heterocycles. The van der Waals surface area contributed by atoms with Crippen molar-refractivity contribution < 1.29 is 33.7 Å². The molecule has 0 atom stereocenters. The van der Waals surface area contributed by atoms with Gasteiger partial charge in [0.05, 0.1) is 15.6 Å². The molecule has 0 spiro atoms. The lowest BCUT2D eigenvalue weighted by Gasteiger charge is -2.31. The number of carbonyl (C=O) groups is 3. The Hall–Kier alpha value is -3.26. The molecule has 1 N–H and O–H groups in total. The highest BCUT2D eigenvalue weighted by atomic mass is 35.5. The second kappa shape index (κ2) is 9.77. The number of carboxylic acids is 1. The number of fused-ring (bicyclic) bond motifs is 2. The number of benzene rings is 3. The normalized spacial score (nSPS) is 12.3. The molecule has 0 amide bonds. The maximum Gasteiger partial charge on any atom is 0.335 e. The van der Waals surface area contributed by atoms with Gasteiger partial charge in [-0.15, -0.1) is 11.6 Å². The van der Waals surface area contributed by atoms with E-state index in [1.807, 2.05) is 0 Å². The molecule has 180 valence electrons. The summed E-state index contributed by atoms with van der Waals surface area (Å²) in [6.45, 7) is 2.47. The lowest BCUT2D eigenvalue weighted by Crippen LogP contribution is -2.16. The number of hydrogen-bond donors (Lipinski definition) is 1. The molecule has 4 rings (SSSR count). The Morgan fingerprint density at radius 3 is 1.80 bits per heavy atom. The molecule has 1 heterocycles. The lowest BCUT2D eigenvalue weighted by atomic mass is 9.80. The first-order chi connectivity index (χ1) is 16.6. The third-order valence-electron chi connectivity index (χ3n) is 5.29. The number of rotatable bonds is 5. The van der Waals surface area contributed by atoms with Crippen LogP contribution in [0.25, 0.3) is 0 Å². The van der Waals surface area contributed by atoms with E-state index >= 15 is 0 Å². The van der Waals surface area contributed by atoms with Gasteiger partial charge in [0.15, 0.2) is 11.5 Å². The lowest BCUT2D eigenvalue weighted by molar-refractivity contribution is -0.132. The molecule has 0 bridgehead atoms. The molecule has 0 aromatic heterocycles.